The molecule has 124 valence electrons. The zero-order valence-electron chi connectivity index (χ0n) is 12.8. The Morgan fingerprint density at radius 1 is 1.17 bits per heavy atom. The van der Waals surface area contributed by atoms with E-state index in [1.54, 1.807) is 23.1 Å². The minimum atomic E-state index is -3.07. The summed E-state index contributed by atoms with van der Waals surface area (Å²) in [6.07, 6.45) is 2.98. The number of hydrogen-bond acceptors (Lipinski definition) is 4. The van der Waals surface area contributed by atoms with Gasteiger partial charge in [0, 0.05) is 24.9 Å². The minimum absolute atomic E-state index is 0.136. The van der Waals surface area contributed by atoms with Crippen LogP contribution in [-0.2, 0) is 9.84 Å². The van der Waals surface area contributed by atoms with Gasteiger partial charge in [0.2, 0.25) is 0 Å². The first-order valence-corrected chi connectivity index (χ1v) is 9.50. The van der Waals surface area contributed by atoms with Gasteiger partial charge in [-0.1, -0.05) is 0 Å². The lowest BCUT2D eigenvalue weighted by atomic mass is 10.1. The highest BCUT2D eigenvalue weighted by Crippen LogP contribution is 2.20. The number of aromatic amines is 2. The fraction of sp³-hybridized carbons (Fsp3) is 0.467. The Bertz CT molecular complexity index is 897. The Balaban J connectivity index is 1.80. The van der Waals surface area contributed by atoms with Crippen molar-refractivity contribution >= 4 is 26.8 Å². The first-order valence-electron chi connectivity index (χ1n) is 7.55. The summed E-state index contributed by atoms with van der Waals surface area (Å²) in [5.74, 6) is -0.136. The first kappa shape index (κ1) is 15.8. The van der Waals surface area contributed by atoms with E-state index in [0.29, 0.717) is 48.9 Å². The SMILES string of the molecule is CS(=O)(=O)C1CCCN(C(=O)c2ccc3[nH]c(=O)[nH]c3c2)CC1. The molecule has 2 heterocycles. The normalized spacial score (nSPS) is 19.7. The van der Waals surface area contributed by atoms with Crippen molar-refractivity contribution in [1.29, 1.82) is 0 Å². The molecular formula is C15H19N3O4S. The van der Waals surface area contributed by atoms with Crippen molar-refractivity contribution in [3.8, 4) is 0 Å². The maximum absolute atomic E-state index is 12.6. The second kappa shape index (κ2) is 5.84. The molecule has 1 amide bonds. The number of likely N-dealkylation sites (tertiary alicyclic amines) is 1. The van der Waals surface area contributed by atoms with E-state index in [2.05, 4.69) is 9.97 Å². The van der Waals surface area contributed by atoms with Crippen LogP contribution in [0.1, 0.15) is 29.6 Å². The number of sulfone groups is 1. The summed E-state index contributed by atoms with van der Waals surface area (Å²) in [6.45, 7) is 0.977. The molecule has 3 rings (SSSR count). The number of aromatic nitrogens is 2. The fourth-order valence-corrected chi connectivity index (χ4v) is 4.17. The second-order valence-corrected chi connectivity index (χ2v) is 8.34. The van der Waals surface area contributed by atoms with Crippen LogP contribution in [0.5, 0.6) is 0 Å². The standard InChI is InChI=1S/C15H19N3O4S/c1-23(21,22)11-3-2-7-18(8-6-11)14(19)10-4-5-12-13(9-10)17-15(20)16-12/h4-5,9,11H,2-3,6-8H2,1H3,(H2,16,17,20). The van der Waals surface area contributed by atoms with Gasteiger partial charge in [0.1, 0.15) is 9.84 Å². The molecule has 1 aromatic heterocycles. The fourth-order valence-electron chi connectivity index (χ4n) is 3.05. The molecule has 1 saturated heterocycles. The average molecular weight is 337 g/mol. The first-order chi connectivity index (χ1) is 10.8. The molecule has 1 aromatic carbocycles. The van der Waals surface area contributed by atoms with Gasteiger partial charge in [-0.2, -0.15) is 0 Å². The Hall–Kier alpha value is -2.09. The zero-order valence-corrected chi connectivity index (χ0v) is 13.6. The Labute approximate surface area is 133 Å². The molecular weight excluding hydrogens is 318 g/mol. The van der Waals surface area contributed by atoms with Crippen LogP contribution >= 0.6 is 0 Å². The number of H-pyrrole nitrogens is 2. The summed E-state index contributed by atoms with van der Waals surface area (Å²) < 4.78 is 23.4. The number of benzene rings is 1. The van der Waals surface area contributed by atoms with Crippen molar-refractivity contribution in [3.63, 3.8) is 0 Å². The zero-order chi connectivity index (χ0) is 16.6. The number of hydrogen-bond donors (Lipinski definition) is 2. The van der Waals surface area contributed by atoms with E-state index in [1.807, 2.05) is 0 Å². The van der Waals surface area contributed by atoms with Gasteiger partial charge in [-0.15, -0.1) is 0 Å². The summed E-state index contributed by atoms with van der Waals surface area (Å²) in [7, 11) is -3.07. The van der Waals surface area contributed by atoms with Gasteiger partial charge in [-0.05, 0) is 37.5 Å². The Kier molecular flexibility index (Phi) is 4.01. The van der Waals surface area contributed by atoms with E-state index >= 15 is 0 Å². The maximum Gasteiger partial charge on any atom is 0.323 e. The molecule has 0 bridgehead atoms. The van der Waals surface area contributed by atoms with Crippen LogP contribution in [0.15, 0.2) is 23.0 Å². The number of imidazole rings is 1. The molecule has 1 unspecified atom stereocenters. The van der Waals surface area contributed by atoms with Crippen LogP contribution < -0.4 is 5.69 Å². The van der Waals surface area contributed by atoms with E-state index in [0.717, 1.165) is 0 Å². The van der Waals surface area contributed by atoms with Crippen LogP contribution in [0.4, 0.5) is 0 Å². The van der Waals surface area contributed by atoms with Gasteiger partial charge in [0.05, 0.1) is 16.3 Å². The Morgan fingerprint density at radius 3 is 2.65 bits per heavy atom. The number of amides is 1. The summed E-state index contributed by atoms with van der Waals surface area (Å²) in [5.41, 5.74) is 1.42. The van der Waals surface area contributed by atoms with Crippen molar-refractivity contribution in [1.82, 2.24) is 14.9 Å². The summed E-state index contributed by atoms with van der Waals surface area (Å²) >= 11 is 0. The van der Waals surface area contributed by atoms with Gasteiger partial charge in [-0.25, -0.2) is 13.2 Å². The predicted molar refractivity (Wildman–Crippen MR) is 87.3 cm³/mol. The van der Waals surface area contributed by atoms with Gasteiger partial charge in [-0.3, -0.25) is 4.79 Å². The van der Waals surface area contributed by atoms with Crippen molar-refractivity contribution in [2.75, 3.05) is 19.3 Å². The van der Waals surface area contributed by atoms with Crippen molar-refractivity contribution in [3.05, 3.63) is 34.2 Å². The van der Waals surface area contributed by atoms with Crippen LogP contribution in [0.25, 0.3) is 11.0 Å². The topological polar surface area (TPSA) is 103 Å². The number of nitrogens with one attached hydrogen (secondary N) is 2. The molecule has 2 N–H and O–H groups in total. The molecule has 23 heavy (non-hydrogen) atoms. The van der Waals surface area contributed by atoms with Gasteiger partial charge in [0.25, 0.3) is 5.91 Å². The smallest absolute Gasteiger partial charge is 0.323 e. The van der Waals surface area contributed by atoms with Gasteiger partial charge in [0.15, 0.2) is 0 Å². The number of fused-ring (bicyclic) bond motifs is 1. The number of carbonyl (C=O) groups is 1. The lowest BCUT2D eigenvalue weighted by Crippen LogP contribution is -2.32. The third-order valence-electron chi connectivity index (χ3n) is 4.33. The Morgan fingerprint density at radius 2 is 1.91 bits per heavy atom. The lowest BCUT2D eigenvalue weighted by Gasteiger charge is -2.20. The minimum Gasteiger partial charge on any atom is -0.339 e. The molecule has 8 heteroatoms. The third kappa shape index (κ3) is 3.31. The third-order valence-corrected chi connectivity index (χ3v) is 6.01. The summed E-state index contributed by atoms with van der Waals surface area (Å²) in [5, 5.41) is -0.371. The van der Waals surface area contributed by atoms with Crippen LogP contribution in [0.2, 0.25) is 0 Å². The van der Waals surface area contributed by atoms with Crippen LogP contribution in [0.3, 0.4) is 0 Å². The predicted octanol–water partition coefficient (Wildman–Crippen LogP) is 0.896. The molecule has 1 fully saturated rings. The molecule has 1 aliphatic heterocycles. The van der Waals surface area contributed by atoms with E-state index in [1.165, 1.54) is 6.26 Å². The summed E-state index contributed by atoms with van der Waals surface area (Å²) in [4.78, 5) is 30.9. The molecule has 1 atom stereocenters. The molecule has 0 saturated carbocycles. The highest BCUT2D eigenvalue weighted by molar-refractivity contribution is 7.91. The molecule has 0 aliphatic carbocycles. The monoisotopic (exact) mass is 337 g/mol. The molecule has 1 aliphatic rings. The van der Waals surface area contributed by atoms with Gasteiger partial charge >= 0.3 is 5.69 Å². The van der Waals surface area contributed by atoms with E-state index in [4.69, 9.17) is 0 Å². The summed E-state index contributed by atoms with van der Waals surface area (Å²) in [6, 6.07) is 5.01. The van der Waals surface area contributed by atoms with Crippen molar-refractivity contribution in [2.24, 2.45) is 0 Å². The van der Waals surface area contributed by atoms with Crippen LogP contribution in [0, 0.1) is 0 Å². The molecule has 0 radical (unpaired) electrons. The number of carbonyl (C=O) groups excluding carboxylic acids is 1. The van der Waals surface area contributed by atoms with E-state index in [9.17, 15) is 18.0 Å². The largest absolute Gasteiger partial charge is 0.339 e. The number of rotatable bonds is 2. The van der Waals surface area contributed by atoms with Crippen molar-refractivity contribution in [2.45, 2.75) is 24.5 Å². The molecule has 2 aromatic rings. The number of nitrogens with zero attached hydrogens (tertiary/aromatic N) is 1. The van der Waals surface area contributed by atoms with Gasteiger partial charge < -0.3 is 14.9 Å². The quantitative estimate of drug-likeness (QED) is 0.849. The highest BCUT2D eigenvalue weighted by atomic mass is 32.2. The van der Waals surface area contributed by atoms with Crippen LogP contribution in [-0.4, -0.2) is 53.8 Å². The molecule has 7 nitrogen and oxygen atoms in total. The lowest BCUT2D eigenvalue weighted by molar-refractivity contribution is 0.0762. The highest BCUT2D eigenvalue weighted by Gasteiger charge is 2.27. The second-order valence-electron chi connectivity index (χ2n) is 6.01. The maximum atomic E-state index is 12.6. The van der Waals surface area contributed by atoms with E-state index in [-0.39, 0.29) is 16.8 Å². The van der Waals surface area contributed by atoms with Crippen molar-refractivity contribution < 1.29 is 13.2 Å². The average Bonchev–Trinajstić information content (AvgIpc) is 2.70. The van der Waals surface area contributed by atoms with E-state index < -0.39 is 9.84 Å². The molecule has 0 spiro atoms.